The van der Waals surface area contributed by atoms with E-state index in [9.17, 15) is 4.79 Å². The lowest BCUT2D eigenvalue weighted by atomic mass is 10.1. The summed E-state index contributed by atoms with van der Waals surface area (Å²) in [6.07, 6.45) is 0.768. The van der Waals surface area contributed by atoms with Gasteiger partial charge in [-0.2, -0.15) is 4.98 Å². The van der Waals surface area contributed by atoms with Crippen molar-refractivity contribution in [3.63, 3.8) is 0 Å². The Balaban J connectivity index is 1.77. The Labute approximate surface area is 271 Å². The summed E-state index contributed by atoms with van der Waals surface area (Å²) >= 11 is 0. The van der Waals surface area contributed by atoms with Gasteiger partial charge in [0.1, 0.15) is 5.69 Å². The van der Waals surface area contributed by atoms with Crippen LogP contribution in [0.1, 0.15) is 10.5 Å². The maximum atomic E-state index is 12.4. The molecule has 6 aromatic rings. The summed E-state index contributed by atoms with van der Waals surface area (Å²) < 4.78 is 17.9. The minimum atomic E-state index is -1.19. The van der Waals surface area contributed by atoms with Crippen molar-refractivity contribution in [1.82, 2.24) is 9.97 Å². The van der Waals surface area contributed by atoms with Crippen molar-refractivity contribution >= 4 is 54.0 Å². The number of hydrogen-bond donors (Lipinski definition) is 0. The largest absolute Gasteiger partial charge is 0.481 e. The van der Waals surface area contributed by atoms with Gasteiger partial charge in [-0.1, -0.05) is 121 Å². The van der Waals surface area contributed by atoms with E-state index in [2.05, 4.69) is 72.8 Å². The maximum Gasteiger partial charge on any atom is 0.225 e. The number of carbonyl (C=O) groups is 1. The number of benzene rings is 4. The first-order chi connectivity index (χ1) is 22.7. The van der Waals surface area contributed by atoms with Crippen LogP contribution in [0.3, 0.4) is 0 Å². The zero-order chi connectivity index (χ0) is 31.9. The van der Waals surface area contributed by atoms with Gasteiger partial charge in [0.05, 0.1) is 32.5 Å². The number of ether oxygens (including phenoxy) is 3. The van der Waals surface area contributed by atoms with Gasteiger partial charge in [-0.25, -0.2) is 4.98 Å². The number of nitrogens with zero attached hydrogens (tertiary/aromatic N) is 2. The standard InChI is InChI=1S/C38H32N2O4P2/c1-42-34-25-33(46(30-20-12-6-13-21-30)31-22-14-7-15-23-31)36(38(40-34)44-3)35-32(24-27(26-41)39-37(35)43-2)45(28-16-8-4-9-17-28)29-18-10-5-11-19-29/h4-26H,1-3H3. The quantitative estimate of drug-likeness (QED) is 0.137. The van der Waals surface area contributed by atoms with Crippen molar-refractivity contribution < 1.29 is 19.0 Å². The molecule has 6 nitrogen and oxygen atoms in total. The van der Waals surface area contributed by atoms with Gasteiger partial charge in [0, 0.05) is 16.7 Å². The summed E-state index contributed by atoms with van der Waals surface area (Å²) in [6.45, 7) is 0. The predicted octanol–water partition coefficient (Wildman–Crippen LogP) is 5.50. The van der Waals surface area contributed by atoms with E-state index in [-0.39, 0.29) is 5.69 Å². The van der Waals surface area contributed by atoms with Gasteiger partial charge < -0.3 is 14.2 Å². The van der Waals surface area contributed by atoms with E-state index < -0.39 is 15.8 Å². The Bertz CT molecular complexity index is 1850. The van der Waals surface area contributed by atoms with E-state index >= 15 is 0 Å². The molecular weight excluding hydrogens is 610 g/mol. The van der Waals surface area contributed by atoms with Crippen LogP contribution in [0.15, 0.2) is 133 Å². The molecule has 228 valence electrons. The average molecular weight is 643 g/mol. The molecular formula is C38H32N2O4P2. The number of methoxy groups -OCH3 is 3. The maximum absolute atomic E-state index is 12.4. The van der Waals surface area contributed by atoms with E-state index in [4.69, 9.17) is 24.2 Å². The fraction of sp³-hybridized carbons (Fsp3) is 0.0789. The zero-order valence-corrected chi connectivity index (χ0v) is 27.5. The zero-order valence-electron chi connectivity index (χ0n) is 25.7. The van der Waals surface area contributed by atoms with Crippen LogP contribution in [-0.4, -0.2) is 37.6 Å². The second kappa shape index (κ2) is 14.5. The molecule has 0 spiro atoms. The molecule has 0 saturated heterocycles. The minimum absolute atomic E-state index is 0.283. The van der Waals surface area contributed by atoms with Gasteiger partial charge in [-0.05, 0) is 43.1 Å². The predicted molar refractivity (Wildman–Crippen MR) is 190 cm³/mol. The second-order valence-electron chi connectivity index (χ2n) is 10.1. The molecule has 46 heavy (non-hydrogen) atoms. The second-order valence-corrected chi connectivity index (χ2v) is 14.5. The summed E-state index contributed by atoms with van der Waals surface area (Å²) in [5.41, 5.74) is 1.76. The van der Waals surface area contributed by atoms with Gasteiger partial charge in [0.15, 0.2) is 6.29 Å². The van der Waals surface area contributed by atoms with Crippen LogP contribution in [-0.2, 0) is 0 Å². The summed E-state index contributed by atoms with van der Waals surface area (Å²) in [6, 6.07) is 45.4. The van der Waals surface area contributed by atoms with Crippen LogP contribution in [0.4, 0.5) is 0 Å². The molecule has 2 aromatic heterocycles. The Morgan fingerprint density at radius 3 is 1.22 bits per heavy atom. The first-order valence-electron chi connectivity index (χ1n) is 14.6. The number of carbonyl (C=O) groups excluding carboxylic acids is 1. The molecule has 0 bridgehead atoms. The lowest BCUT2D eigenvalue weighted by Crippen LogP contribution is -2.27. The Morgan fingerprint density at radius 1 is 0.500 bits per heavy atom. The molecule has 0 saturated carbocycles. The highest BCUT2D eigenvalue weighted by molar-refractivity contribution is 7.80. The molecule has 0 atom stereocenters. The smallest absolute Gasteiger partial charge is 0.225 e. The SMILES string of the molecule is COc1cc(P(c2ccccc2)c2ccccc2)c(-c2c(P(c3ccccc3)c3ccccc3)cc(C=O)nc2OC)c(OC)n1. The highest BCUT2D eigenvalue weighted by Gasteiger charge is 2.32. The summed E-state index contributed by atoms with van der Waals surface area (Å²) in [4.78, 5) is 21.9. The van der Waals surface area contributed by atoms with Crippen molar-refractivity contribution in [1.29, 1.82) is 0 Å². The van der Waals surface area contributed by atoms with Gasteiger partial charge in [0.25, 0.3) is 0 Å². The fourth-order valence-electron chi connectivity index (χ4n) is 5.46. The molecule has 8 heteroatoms. The van der Waals surface area contributed by atoms with Crippen LogP contribution < -0.4 is 46.0 Å². The third-order valence-corrected chi connectivity index (χ3v) is 12.4. The third kappa shape index (κ3) is 6.28. The normalized spacial score (nSPS) is 11.0. The number of hydrogen-bond acceptors (Lipinski definition) is 6. The Kier molecular flexibility index (Phi) is 9.79. The van der Waals surface area contributed by atoms with Crippen LogP contribution in [0.5, 0.6) is 17.6 Å². The molecule has 0 fully saturated rings. The van der Waals surface area contributed by atoms with Crippen molar-refractivity contribution in [2.24, 2.45) is 0 Å². The fourth-order valence-corrected chi connectivity index (χ4v) is 10.4. The third-order valence-electron chi connectivity index (χ3n) is 7.43. The number of pyridine rings is 2. The monoisotopic (exact) mass is 642 g/mol. The van der Waals surface area contributed by atoms with E-state index in [1.165, 1.54) is 0 Å². The first-order valence-corrected chi connectivity index (χ1v) is 17.3. The minimum Gasteiger partial charge on any atom is -0.481 e. The van der Waals surface area contributed by atoms with E-state index in [0.717, 1.165) is 49.2 Å². The lowest BCUT2D eigenvalue weighted by Gasteiger charge is -2.28. The van der Waals surface area contributed by atoms with E-state index in [1.54, 1.807) is 21.3 Å². The molecule has 6 rings (SSSR count). The summed E-state index contributed by atoms with van der Waals surface area (Å²) in [5.74, 6) is 1.13. The van der Waals surface area contributed by atoms with E-state index in [0.29, 0.717) is 17.6 Å². The Morgan fingerprint density at radius 2 is 0.870 bits per heavy atom. The number of aromatic nitrogens is 2. The molecule has 0 N–H and O–H groups in total. The van der Waals surface area contributed by atoms with Gasteiger partial charge in [-0.3, -0.25) is 4.79 Å². The van der Waals surface area contributed by atoms with Gasteiger partial charge in [0.2, 0.25) is 17.6 Å². The topological polar surface area (TPSA) is 70.5 Å². The lowest BCUT2D eigenvalue weighted by molar-refractivity contribution is 0.111. The number of aldehydes is 1. The number of rotatable bonds is 11. The van der Waals surface area contributed by atoms with E-state index in [1.807, 2.05) is 60.7 Å². The molecule has 0 aliphatic carbocycles. The average Bonchev–Trinajstić information content (AvgIpc) is 3.13. The van der Waals surface area contributed by atoms with Crippen molar-refractivity contribution in [3.8, 4) is 28.8 Å². The molecule has 0 aliphatic heterocycles. The van der Waals surface area contributed by atoms with Crippen LogP contribution in [0.25, 0.3) is 11.1 Å². The highest BCUT2D eigenvalue weighted by Crippen LogP contribution is 2.46. The van der Waals surface area contributed by atoms with Crippen molar-refractivity contribution in [3.05, 3.63) is 139 Å². The highest BCUT2D eigenvalue weighted by atomic mass is 31.1. The molecule has 4 aromatic carbocycles. The van der Waals surface area contributed by atoms with Gasteiger partial charge in [-0.15, -0.1) is 0 Å². The molecule has 0 amide bonds. The van der Waals surface area contributed by atoms with Gasteiger partial charge >= 0.3 is 0 Å². The summed E-state index contributed by atoms with van der Waals surface area (Å²) in [5, 5.41) is 6.39. The Hall–Kier alpha value is -4.89. The van der Waals surface area contributed by atoms with Crippen LogP contribution in [0, 0.1) is 0 Å². The molecule has 2 heterocycles. The molecule has 0 aliphatic rings. The van der Waals surface area contributed by atoms with Crippen molar-refractivity contribution in [2.45, 2.75) is 0 Å². The molecule has 0 unspecified atom stereocenters. The summed E-state index contributed by atoms with van der Waals surface area (Å²) in [7, 11) is 2.46. The van der Waals surface area contributed by atoms with Crippen LogP contribution in [0.2, 0.25) is 0 Å². The van der Waals surface area contributed by atoms with Crippen molar-refractivity contribution in [2.75, 3.05) is 21.3 Å². The first kappa shape index (κ1) is 31.1. The van der Waals surface area contributed by atoms with Crippen LogP contribution >= 0.6 is 15.8 Å². The molecule has 0 radical (unpaired) electrons.